The lowest BCUT2D eigenvalue weighted by molar-refractivity contribution is 0.131. The summed E-state index contributed by atoms with van der Waals surface area (Å²) in [6.45, 7) is 3.35. The Balaban J connectivity index is 1.92. The molecule has 0 aromatic carbocycles. The number of nitrogens with one attached hydrogen (secondary N) is 1. The van der Waals surface area contributed by atoms with Gasteiger partial charge in [-0.15, -0.1) is 0 Å². The molecule has 0 saturated carbocycles. The molecule has 0 amide bonds. The normalized spacial score (nSPS) is 21.6. The zero-order chi connectivity index (χ0) is 11.9. The van der Waals surface area contributed by atoms with Crippen LogP contribution in [0.2, 0.25) is 0 Å². The average Bonchev–Trinajstić information content (AvgIpc) is 2.39. The molecular weight excluding hydrogens is 210 g/mol. The molecule has 3 heteroatoms. The van der Waals surface area contributed by atoms with Crippen LogP contribution in [0.3, 0.4) is 0 Å². The van der Waals surface area contributed by atoms with Crippen molar-refractivity contribution in [3.05, 3.63) is 30.1 Å². The van der Waals surface area contributed by atoms with Crippen molar-refractivity contribution in [3.63, 3.8) is 0 Å². The number of hydrogen-bond donors (Lipinski definition) is 1. The molecule has 2 heterocycles. The summed E-state index contributed by atoms with van der Waals surface area (Å²) in [6.07, 6.45) is 7.20. The molecule has 17 heavy (non-hydrogen) atoms. The van der Waals surface area contributed by atoms with Gasteiger partial charge in [0.05, 0.1) is 5.69 Å². The molecule has 1 atom stereocenters. The summed E-state index contributed by atoms with van der Waals surface area (Å²) < 4.78 is 0. The van der Waals surface area contributed by atoms with Gasteiger partial charge in [0.25, 0.3) is 0 Å². The van der Waals surface area contributed by atoms with Gasteiger partial charge in [-0.2, -0.15) is 0 Å². The Kier molecular flexibility index (Phi) is 4.95. The Hall–Kier alpha value is -0.930. The summed E-state index contributed by atoms with van der Waals surface area (Å²) >= 11 is 0. The standard InChI is InChI=1S/C14H23N3/c1-15-10-8-14-7-3-5-11-17(14)12-13-6-2-4-9-16-13/h2,4,6,9,14-15H,3,5,7-8,10-12H2,1H3. The van der Waals surface area contributed by atoms with Crippen molar-refractivity contribution in [2.75, 3.05) is 20.1 Å². The number of pyridine rings is 1. The molecule has 0 spiro atoms. The predicted molar refractivity (Wildman–Crippen MR) is 70.8 cm³/mol. The van der Waals surface area contributed by atoms with Crippen molar-refractivity contribution in [2.24, 2.45) is 0 Å². The van der Waals surface area contributed by atoms with Crippen molar-refractivity contribution < 1.29 is 0 Å². The van der Waals surface area contributed by atoms with Crippen LogP contribution >= 0.6 is 0 Å². The number of piperidine rings is 1. The van der Waals surface area contributed by atoms with E-state index in [-0.39, 0.29) is 0 Å². The first-order chi connectivity index (χ1) is 8.40. The first kappa shape index (κ1) is 12.5. The van der Waals surface area contributed by atoms with E-state index in [1.165, 1.54) is 37.9 Å². The lowest BCUT2D eigenvalue weighted by Gasteiger charge is -2.35. The van der Waals surface area contributed by atoms with Gasteiger partial charge in [-0.05, 0) is 51.5 Å². The molecule has 1 aliphatic rings. The van der Waals surface area contributed by atoms with Crippen molar-refractivity contribution >= 4 is 0 Å². The van der Waals surface area contributed by atoms with Crippen LogP contribution in [-0.4, -0.2) is 36.1 Å². The van der Waals surface area contributed by atoms with E-state index in [0.29, 0.717) is 0 Å². The highest BCUT2D eigenvalue weighted by Crippen LogP contribution is 2.21. The monoisotopic (exact) mass is 233 g/mol. The van der Waals surface area contributed by atoms with Crippen LogP contribution in [0, 0.1) is 0 Å². The first-order valence-electron chi connectivity index (χ1n) is 6.68. The van der Waals surface area contributed by atoms with Gasteiger partial charge in [-0.1, -0.05) is 12.5 Å². The van der Waals surface area contributed by atoms with Crippen LogP contribution in [0.15, 0.2) is 24.4 Å². The van der Waals surface area contributed by atoms with E-state index in [9.17, 15) is 0 Å². The molecule has 1 N–H and O–H groups in total. The van der Waals surface area contributed by atoms with Gasteiger partial charge in [0.15, 0.2) is 0 Å². The highest BCUT2D eigenvalue weighted by molar-refractivity contribution is 5.03. The Morgan fingerprint density at radius 3 is 3.12 bits per heavy atom. The number of aromatic nitrogens is 1. The van der Waals surface area contributed by atoms with Gasteiger partial charge >= 0.3 is 0 Å². The second-order valence-corrected chi connectivity index (χ2v) is 4.83. The molecule has 0 bridgehead atoms. The third kappa shape index (κ3) is 3.79. The van der Waals surface area contributed by atoms with Crippen LogP contribution in [0.25, 0.3) is 0 Å². The number of likely N-dealkylation sites (tertiary alicyclic amines) is 1. The molecule has 1 unspecified atom stereocenters. The summed E-state index contributed by atoms with van der Waals surface area (Å²) in [4.78, 5) is 7.03. The van der Waals surface area contributed by atoms with Crippen LogP contribution in [0.4, 0.5) is 0 Å². The summed E-state index contributed by atoms with van der Waals surface area (Å²) in [5.74, 6) is 0. The smallest absolute Gasteiger partial charge is 0.0544 e. The SMILES string of the molecule is CNCCC1CCCCN1Cc1ccccn1. The van der Waals surface area contributed by atoms with E-state index in [1.807, 2.05) is 19.3 Å². The summed E-state index contributed by atoms with van der Waals surface area (Å²) in [6, 6.07) is 6.93. The van der Waals surface area contributed by atoms with E-state index < -0.39 is 0 Å². The Labute approximate surface area is 104 Å². The first-order valence-corrected chi connectivity index (χ1v) is 6.68. The molecule has 1 fully saturated rings. The molecule has 2 rings (SSSR count). The van der Waals surface area contributed by atoms with Crippen LogP contribution < -0.4 is 5.32 Å². The van der Waals surface area contributed by atoms with E-state index in [0.717, 1.165) is 19.1 Å². The summed E-state index contributed by atoms with van der Waals surface area (Å²) in [7, 11) is 2.03. The van der Waals surface area contributed by atoms with Gasteiger partial charge in [0.1, 0.15) is 0 Å². The molecule has 1 aromatic rings. The number of hydrogen-bond acceptors (Lipinski definition) is 3. The second-order valence-electron chi connectivity index (χ2n) is 4.83. The molecular formula is C14H23N3. The van der Waals surface area contributed by atoms with Gasteiger partial charge in [0.2, 0.25) is 0 Å². The minimum atomic E-state index is 0.734. The lowest BCUT2D eigenvalue weighted by Crippen LogP contribution is -2.40. The molecule has 3 nitrogen and oxygen atoms in total. The fraction of sp³-hybridized carbons (Fsp3) is 0.643. The minimum Gasteiger partial charge on any atom is -0.320 e. The quantitative estimate of drug-likeness (QED) is 0.843. The van der Waals surface area contributed by atoms with E-state index in [4.69, 9.17) is 0 Å². The highest BCUT2D eigenvalue weighted by atomic mass is 15.2. The zero-order valence-corrected chi connectivity index (χ0v) is 10.7. The zero-order valence-electron chi connectivity index (χ0n) is 10.7. The van der Waals surface area contributed by atoms with Gasteiger partial charge < -0.3 is 5.32 Å². The third-order valence-corrected chi connectivity index (χ3v) is 3.57. The Morgan fingerprint density at radius 2 is 2.35 bits per heavy atom. The average molecular weight is 233 g/mol. The van der Waals surface area contributed by atoms with Crippen LogP contribution in [-0.2, 0) is 6.54 Å². The fourth-order valence-corrected chi connectivity index (χ4v) is 2.61. The lowest BCUT2D eigenvalue weighted by atomic mass is 9.99. The predicted octanol–water partition coefficient (Wildman–Crippen LogP) is 2.05. The van der Waals surface area contributed by atoms with E-state index in [2.05, 4.69) is 27.3 Å². The topological polar surface area (TPSA) is 28.2 Å². The van der Waals surface area contributed by atoms with Crippen LogP contribution in [0.5, 0.6) is 0 Å². The van der Waals surface area contributed by atoms with E-state index >= 15 is 0 Å². The molecule has 1 aliphatic heterocycles. The highest BCUT2D eigenvalue weighted by Gasteiger charge is 2.21. The van der Waals surface area contributed by atoms with Crippen molar-refractivity contribution in [2.45, 2.75) is 38.3 Å². The summed E-state index contributed by atoms with van der Waals surface area (Å²) in [5, 5.41) is 3.26. The van der Waals surface area contributed by atoms with Crippen molar-refractivity contribution in [1.29, 1.82) is 0 Å². The Bertz CT molecular complexity index is 313. The van der Waals surface area contributed by atoms with Crippen LogP contribution in [0.1, 0.15) is 31.4 Å². The maximum absolute atomic E-state index is 4.43. The molecule has 94 valence electrons. The molecule has 1 saturated heterocycles. The summed E-state index contributed by atoms with van der Waals surface area (Å²) in [5.41, 5.74) is 1.20. The number of rotatable bonds is 5. The number of nitrogens with zero attached hydrogens (tertiary/aromatic N) is 2. The van der Waals surface area contributed by atoms with E-state index in [1.54, 1.807) is 0 Å². The largest absolute Gasteiger partial charge is 0.320 e. The minimum absolute atomic E-state index is 0.734. The maximum atomic E-state index is 4.43. The van der Waals surface area contributed by atoms with Crippen molar-refractivity contribution in [3.8, 4) is 0 Å². The maximum Gasteiger partial charge on any atom is 0.0544 e. The second kappa shape index (κ2) is 6.72. The molecule has 0 aliphatic carbocycles. The van der Waals surface area contributed by atoms with Crippen molar-refractivity contribution in [1.82, 2.24) is 15.2 Å². The molecule has 0 radical (unpaired) electrons. The van der Waals surface area contributed by atoms with Gasteiger partial charge in [-0.25, -0.2) is 0 Å². The third-order valence-electron chi connectivity index (χ3n) is 3.57. The van der Waals surface area contributed by atoms with Gasteiger partial charge in [-0.3, -0.25) is 9.88 Å². The van der Waals surface area contributed by atoms with Gasteiger partial charge in [0, 0.05) is 18.8 Å². The Morgan fingerprint density at radius 1 is 1.41 bits per heavy atom. The fourth-order valence-electron chi connectivity index (χ4n) is 2.61. The molecule has 1 aromatic heterocycles.